The number of aromatic nitrogens is 1. The first-order valence-corrected chi connectivity index (χ1v) is 6.59. The van der Waals surface area contributed by atoms with E-state index in [0.29, 0.717) is 11.4 Å². The van der Waals surface area contributed by atoms with Crippen molar-refractivity contribution in [1.82, 2.24) is 4.98 Å². The maximum Gasteiger partial charge on any atom is 0.272 e. The first-order valence-electron chi connectivity index (χ1n) is 5.84. The van der Waals surface area contributed by atoms with Gasteiger partial charge in [0, 0.05) is 12.1 Å². The number of nitro benzene ring substituents is 1. The molecule has 0 saturated carbocycles. The number of rotatable bonds is 4. The van der Waals surface area contributed by atoms with Crippen LogP contribution in [0.2, 0.25) is 10.0 Å². The molecule has 8 heteroatoms. The fraction of sp³-hybridized carbons (Fsp3) is 0.154. The van der Waals surface area contributed by atoms with Gasteiger partial charge in [-0.1, -0.05) is 23.2 Å². The van der Waals surface area contributed by atoms with Gasteiger partial charge in [0.1, 0.15) is 5.75 Å². The Labute approximate surface area is 130 Å². The van der Waals surface area contributed by atoms with Crippen LogP contribution in [-0.2, 0) is 0 Å². The highest BCUT2D eigenvalue weighted by atomic mass is 35.5. The lowest BCUT2D eigenvalue weighted by atomic mass is 10.2. The lowest BCUT2D eigenvalue weighted by Crippen LogP contribution is -1.96. The normalized spacial score (nSPS) is 12.0. The van der Waals surface area contributed by atoms with Gasteiger partial charge in [-0.25, -0.2) is 0 Å². The van der Waals surface area contributed by atoms with Crippen molar-refractivity contribution in [3.05, 3.63) is 56.3 Å². The molecule has 6 nitrogen and oxygen atoms in total. The van der Waals surface area contributed by atoms with Crippen LogP contribution in [0.15, 0.2) is 30.5 Å². The van der Waals surface area contributed by atoms with Crippen molar-refractivity contribution >= 4 is 28.9 Å². The minimum Gasteiger partial charge on any atom is -0.453 e. The first kappa shape index (κ1) is 15.5. The van der Waals surface area contributed by atoms with E-state index in [-0.39, 0.29) is 21.5 Å². The number of aliphatic hydroxyl groups is 1. The zero-order valence-corrected chi connectivity index (χ0v) is 12.3. The second-order valence-corrected chi connectivity index (χ2v) is 5.01. The number of hydrogen-bond acceptors (Lipinski definition) is 5. The summed E-state index contributed by atoms with van der Waals surface area (Å²) in [5, 5.41) is 20.1. The smallest absolute Gasteiger partial charge is 0.272 e. The van der Waals surface area contributed by atoms with E-state index in [0.717, 1.165) is 12.1 Å². The van der Waals surface area contributed by atoms with Crippen LogP contribution < -0.4 is 4.74 Å². The summed E-state index contributed by atoms with van der Waals surface area (Å²) in [7, 11) is 0. The SMILES string of the molecule is C[C@H](O)c1ccc(Oc2c(Cl)cc([N+](=O)[O-])cc2Cl)cn1. The zero-order chi connectivity index (χ0) is 15.6. The third kappa shape index (κ3) is 3.60. The highest BCUT2D eigenvalue weighted by molar-refractivity contribution is 6.37. The van der Waals surface area contributed by atoms with Gasteiger partial charge in [0.05, 0.1) is 33.0 Å². The molecule has 110 valence electrons. The summed E-state index contributed by atoms with van der Waals surface area (Å²) in [6.07, 6.45) is 0.710. The van der Waals surface area contributed by atoms with Crippen molar-refractivity contribution in [3.8, 4) is 11.5 Å². The van der Waals surface area contributed by atoms with Crippen molar-refractivity contribution in [2.24, 2.45) is 0 Å². The molecule has 2 rings (SSSR count). The number of ether oxygens (including phenoxy) is 1. The quantitative estimate of drug-likeness (QED) is 0.673. The Kier molecular flexibility index (Phi) is 4.62. The highest BCUT2D eigenvalue weighted by Gasteiger charge is 2.16. The van der Waals surface area contributed by atoms with Crippen LogP contribution in [0.1, 0.15) is 18.7 Å². The second-order valence-electron chi connectivity index (χ2n) is 4.19. The average molecular weight is 329 g/mol. The number of nitro groups is 1. The molecular formula is C13H10Cl2N2O4. The van der Waals surface area contributed by atoms with Crippen LogP contribution >= 0.6 is 23.2 Å². The van der Waals surface area contributed by atoms with Gasteiger partial charge in [-0.15, -0.1) is 0 Å². The molecule has 1 aromatic carbocycles. The topological polar surface area (TPSA) is 85.5 Å². The van der Waals surface area contributed by atoms with E-state index in [1.165, 1.54) is 6.20 Å². The molecule has 1 N–H and O–H groups in total. The molecule has 0 fully saturated rings. The predicted molar refractivity (Wildman–Crippen MR) is 78.1 cm³/mol. The Morgan fingerprint density at radius 2 is 1.95 bits per heavy atom. The molecule has 0 spiro atoms. The van der Waals surface area contributed by atoms with Gasteiger partial charge in [-0.2, -0.15) is 0 Å². The lowest BCUT2D eigenvalue weighted by molar-refractivity contribution is -0.384. The molecule has 0 amide bonds. The fourth-order valence-electron chi connectivity index (χ4n) is 1.57. The largest absolute Gasteiger partial charge is 0.453 e. The lowest BCUT2D eigenvalue weighted by Gasteiger charge is -2.10. The Hall–Kier alpha value is -1.89. The second kappa shape index (κ2) is 6.26. The standard InChI is InChI=1S/C13H10Cl2N2O4/c1-7(18)12-3-2-9(6-16-12)21-13-10(14)4-8(17(19)20)5-11(13)15/h2-7,18H,1H3/t7-/m0/s1. The highest BCUT2D eigenvalue weighted by Crippen LogP contribution is 2.39. The van der Waals surface area contributed by atoms with Gasteiger partial charge in [-0.3, -0.25) is 15.1 Å². The van der Waals surface area contributed by atoms with Crippen molar-refractivity contribution < 1.29 is 14.8 Å². The Bertz CT molecular complexity index is 651. The van der Waals surface area contributed by atoms with Crippen LogP contribution in [0, 0.1) is 10.1 Å². The number of pyridine rings is 1. The average Bonchev–Trinajstić information content (AvgIpc) is 2.43. The summed E-state index contributed by atoms with van der Waals surface area (Å²) in [6.45, 7) is 1.59. The Morgan fingerprint density at radius 1 is 1.33 bits per heavy atom. The summed E-state index contributed by atoms with van der Waals surface area (Å²) in [5.41, 5.74) is 0.267. The summed E-state index contributed by atoms with van der Waals surface area (Å²) in [6, 6.07) is 5.48. The first-order chi connectivity index (χ1) is 9.88. The van der Waals surface area contributed by atoms with E-state index < -0.39 is 11.0 Å². The van der Waals surface area contributed by atoms with Crippen LogP contribution in [0.3, 0.4) is 0 Å². The van der Waals surface area contributed by atoms with E-state index in [9.17, 15) is 15.2 Å². The van der Waals surface area contributed by atoms with Crippen molar-refractivity contribution in [2.75, 3.05) is 0 Å². The maximum absolute atomic E-state index is 10.7. The number of hydrogen-bond donors (Lipinski definition) is 1. The summed E-state index contributed by atoms with van der Waals surface area (Å²) < 4.78 is 5.48. The van der Waals surface area contributed by atoms with Crippen molar-refractivity contribution in [1.29, 1.82) is 0 Å². The minimum absolute atomic E-state index is 0.0220. The molecule has 1 atom stereocenters. The number of aliphatic hydroxyl groups excluding tert-OH is 1. The van der Waals surface area contributed by atoms with Crippen LogP contribution in [0.4, 0.5) is 5.69 Å². The molecule has 0 unspecified atom stereocenters. The van der Waals surface area contributed by atoms with Gasteiger partial charge < -0.3 is 9.84 Å². The molecule has 0 aliphatic carbocycles. The summed E-state index contributed by atoms with van der Waals surface area (Å²) in [5.74, 6) is 0.451. The van der Waals surface area contributed by atoms with Crippen LogP contribution in [0.5, 0.6) is 11.5 Å². The Morgan fingerprint density at radius 3 is 2.38 bits per heavy atom. The van der Waals surface area contributed by atoms with Gasteiger partial charge in [0.2, 0.25) is 0 Å². The minimum atomic E-state index is -0.689. The summed E-state index contributed by atoms with van der Waals surface area (Å²) in [4.78, 5) is 14.1. The van der Waals surface area contributed by atoms with Crippen molar-refractivity contribution in [3.63, 3.8) is 0 Å². The summed E-state index contributed by atoms with van der Waals surface area (Å²) >= 11 is 11.9. The molecule has 0 aliphatic rings. The van der Waals surface area contributed by atoms with Crippen LogP contribution in [-0.4, -0.2) is 15.0 Å². The molecule has 0 aliphatic heterocycles. The molecule has 0 saturated heterocycles. The van der Waals surface area contributed by atoms with E-state index in [1.807, 2.05) is 0 Å². The van der Waals surface area contributed by atoms with Gasteiger partial charge in [0.25, 0.3) is 5.69 Å². The van der Waals surface area contributed by atoms with Gasteiger partial charge in [0.15, 0.2) is 5.75 Å². The molecule has 0 radical (unpaired) electrons. The van der Waals surface area contributed by atoms with Crippen molar-refractivity contribution in [2.45, 2.75) is 13.0 Å². The monoisotopic (exact) mass is 328 g/mol. The number of nitrogens with zero attached hydrogens (tertiary/aromatic N) is 2. The van der Waals surface area contributed by atoms with E-state index in [2.05, 4.69) is 4.98 Å². The zero-order valence-electron chi connectivity index (χ0n) is 10.8. The van der Waals surface area contributed by atoms with E-state index >= 15 is 0 Å². The van der Waals surface area contributed by atoms with E-state index in [4.69, 9.17) is 27.9 Å². The molecule has 1 aromatic heterocycles. The molecule has 2 aromatic rings. The van der Waals surface area contributed by atoms with Gasteiger partial charge in [-0.05, 0) is 19.1 Å². The predicted octanol–water partition coefficient (Wildman–Crippen LogP) is 4.14. The van der Waals surface area contributed by atoms with Crippen LogP contribution in [0.25, 0.3) is 0 Å². The number of benzene rings is 1. The third-order valence-corrected chi connectivity index (χ3v) is 3.16. The fourth-order valence-corrected chi connectivity index (χ4v) is 2.12. The third-order valence-electron chi connectivity index (χ3n) is 2.60. The molecule has 1 heterocycles. The van der Waals surface area contributed by atoms with E-state index in [1.54, 1.807) is 19.1 Å². The maximum atomic E-state index is 10.7. The number of non-ortho nitro benzene ring substituents is 1. The Balaban J connectivity index is 2.29. The van der Waals surface area contributed by atoms with Gasteiger partial charge >= 0.3 is 0 Å². The number of halogens is 2. The molecule has 21 heavy (non-hydrogen) atoms. The molecule has 0 bridgehead atoms. The molecular weight excluding hydrogens is 319 g/mol.